The third-order valence-electron chi connectivity index (χ3n) is 4.46. The number of nitrogens with one attached hydrogen (secondary N) is 2. The zero-order valence-electron chi connectivity index (χ0n) is 17.2. The van der Waals surface area contributed by atoms with Gasteiger partial charge < -0.3 is 0 Å². The van der Waals surface area contributed by atoms with Gasteiger partial charge >= 0.3 is 16.4 Å². The van der Waals surface area contributed by atoms with Crippen LogP contribution in [0.4, 0.5) is 13.2 Å². The van der Waals surface area contributed by atoms with E-state index in [1.807, 2.05) is 6.92 Å². The van der Waals surface area contributed by atoms with Crippen molar-refractivity contribution in [3.05, 3.63) is 47.9 Å². The highest BCUT2D eigenvalue weighted by atomic mass is 32.2. The SMILES string of the molecule is CCCCNS(=O)(=O)NC(=O)/C=C/c1c(C(F)(F)F)nn(C)c1-n1ccc2cccnc21. The van der Waals surface area contributed by atoms with E-state index in [1.54, 1.807) is 22.9 Å². The van der Waals surface area contributed by atoms with Crippen molar-refractivity contribution in [3.63, 3.8) is 0 Å². The number of pyridine rings is 1. The van der Waals surface area contributed by atoms with Crippen molar-refractivity contribution in [1.82, 2.24) is 28.8 Å². The van der Waals surface area contributed by atoms with Crippen LogP contribution in [0.3, 0.4) is 0 Å². The quantitative estimate of drug-likeness (QED) is 0.388. The van der Waals surface area contributed by atoms with Gasteiger partial charge in [-0.2, -0.15) is 31.4 Å². The zero-order chi connectivity index (χ0) is 23.5. The fraction of sp³-hybridized carbons (Fsp3) is 0.316. The molecule has 0 fully saturated rings. The summed E-state index contributed by atoms with van der Waals surface area (Å²) in [6.45, 7) is 1.99. The molecule has 0 saturated heterocycles. The number of carbonyl (C=O) groups is 1. The first-order chi connectivity index (χ1) is 15.0. The Hall–Kier alpha value is -3.19. The molecule has 0 unspecified atom stereocenters. The van der Waals surface area contributed by atoms with E-state index in [-0.39, 0.29) is 12.4 Å². The van der Waals surface area contributed by atoms with Gasteiger partial charge in [-0.3, -0.25) is 14.0 Å². The van der Waals surface area contributed by atoms with E-state index in [0.29, 0.717) is 23.5 Å². The number of fused-ring (bicyclic) bond motifs is 1. The average Bonchev–Trinajstić information content (AvgIpc) is 3.26. The minimum absolute atomic E-state index is 0.0130. The molecule has 9 nitrogen and oxygen atoms in total. The molecule has 0 aromatic carbocycles. The molecule has 2 N–H and O–H groups in total. The summed E-state index contributed by atoms with van der Waals surface area (Å²) in [6.07, 6.45) is 1.13. The normalized spacial score (nSPS) is 12.7. The van der Waals surface area contributed by atoms with E-state index in [9.17, 15) is 26.4 Å². The maximum absolute atomic E-state index is 13.6. The van der Waals surface area contributed by atoms with Crippen molar-refractivity contribution in [1.29, 1.82) is 0 Å². The number of aryl methyl sites for hydroxylation is 1. The predicted octanol–water partition coefficient (Wildman–Crippen LogP) is 2.54. The van der Waals surface area contributed by atoms with E-state index in [4.69, 9.17) is 0 Å². The van der Waals surface area contributed by atoms with Crippen molar-refractivity contribution in [2.45, 2.75) is 25.9 Å². The van der Waals surface area contributed by atoms with Crippen LogP contribution in [0, 0.1) is 0 Å². The molecule has 0 saturated carbocycles. The largest absolute Gasteiger partial charge is 0.435 e. The molecule has 1 amide bonds. The van der Waals surface area contributed by atoms with Crippen LogP contribution in [-0.2, 0) is 28.2 Å². The second kappa shape index (κ2) is 9.12. The number of aromatic nitrogens is 4. The summed E-state index contributed by atoms with van der Waals surface area (Å²) < 4.78 is 71.0. The molecule has 3 rings (SSSR count). The van der Waals surface area contributed by atoms with Gasteiger partial charge in [0.1, 0.15) is 11.5 Å². The van der Waals surface area contributed by atoms with Gasteiger partial charge in [-0.1, -0.05) is 13.3 Å². The van der Waals surface area contributed by atoms with E-state index in [0.717, 1.165) is 17.2 Å². The van der Waals surface area contributed by atoms with Crippen LogP contribution >= 0.6 is 0 Å². The molecule has 0 radical (unpaired) electrons. The number of alkyl halides is 3. The monoisotopic (exact) mass is 470 g/mol. The fourth-order valence-corrected chi connectivity index (χ4v) is 3.88. The lowest BCUT2D eigenvalue weighted by Gasteiger charge is -2.08. The van der Waals surface area contributed by atoms with Crippen molar-refractivity contribution >= 4 is 33.2 Å². The molecule has 32 heavy (non-hydrogen) atoms. The molecule has 0 aliphatic carbocycles. The molecule has 3 aromatic heterocycles. The summed E-state index contributed by atoms with van der Waals surface area (Å²) >= 11 is 0. The Labute approximate surface area is 182 Å². The number of halogens is 3. The Kier molecular flexibility index (Phi) is 6.69. The van der Waals surface area contributed by atoms with Crippen molar-refractivity contribution < 1.29 is 26.4 Å². The Morgan fingerprint density at radius 3 is 2.72 bits per heavy atom. The smallest absolute Gasteiger partial charge is 0.285 e. The van der Waals surface area contributed by atoms with Crippen LogP contribution in [0.2, 0.25) is 0 Å². The van der Waals surface area contributed by atoms with E-state index in [2.05, 4.69) is 14.8 Å². The standard InChI is InChI=1S/C19H21F3N6O3S/c1-3-4-11-24-32(30,31)26-15(29)8-7-14-16(19(20,21)22)25-27(2)18(14)28-12-9-13-6-5-10-23-17(13)28/h5-10,12,24H,3-4,11H2,1-2H3,(H,26,29)/b8-7+. The molecule has 0 aliphatic heterocycles. The number of amides is 1. The fourth-order valence-electron chi connectivity index (χ4n) is 3.06. The van der Waals surface area contributed by atoms with E-state index < -0.39 is 33.6 Å². The number of carbonyl (C=O) groups excluding carboxylic acids is 1. The number of hydrogen-bond acceptors (Lipinski definition) is 5. The van der Waals surface area contributed by atoms with Gasteiger partial charge in [-0.25, -0.2) is 9.71 Å². The summed E-state index contributed by atoms with van der Waals surface area (Å²) in [5, 5.41) is 4.27. The van der Waals surface area contributed by atoms with Crippen LogP contribution in [0.25, 0.3) is 22.9 Å². The van der Waals surface area contributed by atoms with Gasteiger partial charge in [0.15, 0.2) is 5.69 Å². The maximum atomic E-state index is 13.6. The first-order valence-corrected chi connectivity index (χ1v) is 11.1. The summed E-state index contributed by atoms with van der Waals surface area (Å²) in [5.74, 6) is -1.09. The lowest BCUT2D eigenvalue weighted by molar-refractivity contribution is -0.141. The van der Waals surface area contributed by atoms with E-state index >= 15 is 0 Å². The third kappa shape index (κ3) is 5.16. The highest BCUT2D eigenvalue weighted by Crippen LogP contribution is 2.35. The van der Waals surface area contributed by atoms with Gasteiger partial charge in [-0.15, -0.1) is 0 Å². The van der Waals surface area contributed by atoms with Gasteiger partial charge in [-0.05, 0) is 30.7 Å². The number of rotatable bonds is 8. The lowest BCUT2D eigenvalue weighted by Crippen LogP contribution is -2.39. The second-order valence-corrected chi connectivity index (χ2v) is 8.36. The van der Waals surface area contributed by atoms with Crippen molar-refractivity contribution in [2.75, 3.05) is 6.54 Å². The maximum Gasteiger partial charge on any atom is 0.435 e. The predicted molar refractivity (Wildman–Crippen MR) is 112 cm³/mol. The molecule has 0 aliphatic rings. The van der Waals surface area contributed by atoms with Gasteiger partial charge in [0.2, 0.25) is 0 Å². The molecule has 0 spiro atoms. The highest BCUT2D eigenvalue weighted by Gasteiger charge is 2.38. The van der Waals surface area contributed by atoms with Crippen LogP contribution < -0.4 is 9.44 Å². The molecular weight excluding hydrogens is 449 g/mol. The van der Waals surface area contributed by atoms with Crippen molar-refractivity contribution in [3.8, 4) is 5.82 Å². The molecular formula is C19H21F3N6O3S. The van der Waals surface area contributed by atoms with Gasteiger partial charge in [0.05, 0.1) is 5.56 Å². The Bertz CT molecular complexity index is 1260. The first-order valence-electron chi connectivity index (χ1n) is 9.59. The minimum atomic E-state index is -4.81. The number of nitrogens with zero attached hydrogens (tertiary/aromatic N) is 4. The molecule has 3 aromatic rings. The van der Waals surface area contributed by atoms with Crippen LogP contribution in [0.5, 0.6) is 0 Å². The van der Waals surface area contributed by atoms with Crippen LogP contribution in [0.1, 0.15) is 31.0 Å². The van der Waals surface area contributed by atoms with Crippen molar-refractivity contribution in [2.24, 2.45) is 7.05 Å². The average molecular weight is 470 g/mol. The topological polar surface area (TPSA) is 111 Å². The Morgan fingerprint density at radius 2 is 2.03 bits per heavy atom. The summed E-state index contributed by atoms with van der Waals surface area (Å²) in [5.41, 5.74) is -1.23. The van der Waals surface area contributed by atoms with E-state index in [1.165, 1.54) is 24.0 Å². The molecule has 3 heterocycles. The summed E-state index contributed by atoms with van der Waals surface area (Å²) in [7, 11) is -2.80. The summed E-state index contributed by atoms with van der Waals surface area (Å²) in [4.78, 5) is 16.3. The third-order valence-corrected chi connectivity index (χ3v) is 5.51. The second-order valence-electron chi connectivity index (χ2n) is 6.86. The van der Waals surface area contributed by atoms with Gasteiger partial charge in [0.25, 0.3) is 5.91 Å². The minimum Gasteiger partial charge on any atom is -0.285 e. The van der Waals surface area contributed by atoms with Gasteiger partial charge in [0, 0.05) is 37.4 Å². The molecule has 0 bridgehead atoms. The zero-order valence-corrected chi connectivity index (χ0v) is 18.0. The van der Waals surface area contributed by atoms with Crippen LogP contribution in [0.15, 0.2) is 36.7 Å². The molecule has 172 valence electrons. The molecule has 13 heteroatoms. The molecule has 0 atom stereocenters. The lowest BCUT2D eigenvalue weighted by atomic mass is 10.2. The Balaban J connectivity index is 1.99. The summed E-state index contributed by atoms with van der Waals surface area (Å²) in [6, 6.07) is 5.12. The van der Waals surface area contributed by atoms with Crippen LogP contribution in [-0.4, -0.2) is 40.2 Å². The number of hydrogen-bond donors (Lipinski definition) is 2. The highest BCUT2D eigenvalue weighted by molar-refractivity contribution is 7.88. The first kappa shape index (κ1) is 23.5. The number of unbranched alkanes of at least 4 members (excludes halogenated alkanes) is 1. The Morgan fingerprint density at radius 1 is 1.28 bits per heavy atom.